The molecular formula is C11H12N4O2. The molecule has 0 aliphatic carbocycles. The van der Waals surface area contributed by atoms with Gasteiger partial charge in [-0.05, 0) is 12.1 Å². The van der Waals surface area contributed by atoms with E-state index in [2.05, 4.69) is 15.0 Å². The number of amides is 1. The van der Waals surface area contributed by atoms with Crippen molar-refractivity contribution in [1.82, 2.24) is 9.88 Å². The van der Waals surface area contributed by atoms with Gasteiger partial charge in [-0.25, -0.2) is 9.78 Å². The summed E-state index contributed by atoms with van der Waals surface area (Å²) in [6.45, 7) is 1.21. The van der Waals surface area contributed by atoms with Crippen LogP contribution in [0.3, 0.4) is 0 Å². The first-order valence-corrected chi connectivity index (χ1v) is 5.18. The maximum Gasteiger partial charge on any atom is 0.409 e. The van der Waals surface area contributed by atoms with Crippen molar-refractivity contribution >= 4 is 11.9 Å². The molecule has 2 heterocycles. The number of pyridine rings is 1. The van der Waals surface area contributed by atoms with E-state index in [4.69, 9.17) is 5.26 Å². The molecule has 1 saturated heterocycles. The van der Waals surface area contributed by atoms with Crippen LogP contribution >= 0.6 is 0 Å². The van der Waals surface area contributed by atoms with E-state index in [1.54, 1.807) is 17.0 Å². The van der Waals surface area contributed by atoms with Crippen LogP contribution in [0.15, 0.2) is 18.3 Å². The standard InChI is InChI=1S/C11H12N4O2/c1-17-11(16)15-6-9(7-15)14-10-3-2-8(4-12)5-13-10/h2-3,5,9H,6-7H2,1H3,(H,13,14). The fourth-order valence-corrected chi connectivity index (χ4v) is 1.60. The molecule has 1 aromatic heterocycles. The maximum atomic E-state index is 11.1. The number of methoxy groups -OCH3 is 1. The van der Waals surface area contributed by atoms with Crippen molar-refractivity contribution in [3.63, 3.8) is 0 Å². The lowest BCUT2D eigenvalue weighted by Crippen LogP contribution is -2.57. The van der Waals surface area contributed by atoms with E-state index >= 15 is 0 Å². The second-order valence-corrected chi connectivity index (χ2v) is 3.76. The van der Waals surface area contributed by atoms with Gasteiger partial charge in [0.1, 0.15) is 11.9 Å². The van der Waals surface area contributed by atoms with E-state index in [-0.39, 0.29) is 12.1 Å². The normalized spacial score (nSPS) is 14.7. The summed E-state index contributed by atoms with van der Waals surface area (Å²) in [5.74, 6) is 0.707. The molecule has 17 heavy (non-hydrogen) atoms. The number of carbonyl (C=O) groups excluding carboxylic acids is 1. The Hall–Kier alpha value is -2.29. The predicted molar refractivity (Wildman–Crippen MR) is 60.3 cm³/mol. The molecule has 2 rings (SSSR count). The Morgan fingerprint density at radius 2 is 2.41 bits per heavy atom. The molecule has 0 spiro atoms. The van der Waals surface area contributed by atoms with Crippen LogP contribution < -0.4 is 5.32 Å². The first-order chi connectivity index (χ1) is 8.22. The average Bonchev–Trinajstić information content (AvgIpc) is 2.33. The van der Waals surface area contributed by atoms with Crippen LogP contribution in [0.5, 0.6) is 0 Å². The van der Waals surface area contributed by atoms with Crippen LogP contribution in [0.4, 0.5) is 10.6 Å². The number of aromatic nitrogens is 1. The Bertz CT molecular complexity index is 446. The van der Waals surface area contributed by atoms with Gasteiger partial charge in [0.25, 0.3) is 0 Å². The lowest BCUT2D eigenvalue weighted by Gasteiger charge is -2.38. The van der Waals surface area contributed by atoms with E-state index in [1.807, 2.05) is 6.07 Å². The summed E-state index contributed by atoms with van der Waals surface area (Å²) in [7, 11) is 1.37. The average molecular weight is 232 g/mol. The lowest BCUT2D eigenvalue weighted by molar-refractivity contribution is 0.0929. The van der Waals surface area contributed by atoms with E-state index in [0.717, 1.165) is 0 Å². The first-order valence-electron chi connectivity index (χ1n) is 5.18. The zero-order chi connectivity index (χ0) is 12.3. The van der Waals surface area contributed by atoms with E-state index in [1.165, 1.54) is 13.3 Å². The highest BCUT2D eigenvalue weighted by Gasteiger charge is 2.31. The molecule has 88 valence electrons. The highest BCUT2D eigenvalue weighted by atomic mass is 16.5. The Kier molecular flexibility index (Phi) is 3.10. The highest BCUT2D eigenvalue weighted by Crippen LogP contribution is 2.14. The molecule has 1 fully saturated rings. The van der Waals surface area contributed by atoms with Crippen LogP contribution in [0.2, 0.25) is 0 Å². The summed E-state index contributed by atoms with van der Waals surface area (Å²) >= 11 is 0. The Morgan fingerprint density at radius 1 is 1.65 bits per heavy atom. The van der Waals surface area contributed by atoms with Crippen LogP contribution in [-0.2, 0) is 4.74 Å². The Balaban J connectivity index is 1.84. The second kappa shape index (κ2) is 4.70. The van der Waals surface area contributed by atoms with Crippen molar-refractivity contribution in [2.75, 3.05) is 25.5 Å². The third-order valence-electron chi connectivity index (χ3n) is 2.56. The molecular weight excluding hydrogens is 220 g/mol. The smallest absolute Gasteiger partial charge is 0.409 e. The minimum absolute atomic E-state index is 0.189. The van der Waals surface area contributed by atoms with Crippen molar-refractivity contribution in [3.8, 4) is 6.07 Å². The third kappa shape index (κ3) is 2.45. The van der Waals surface area contributed by atoms with Gasteiger partial charge in [0.2, 0.25) is 0 Å². The zero-order valence-electron chi connectivity index (χ0n) is 9.38. The summed E-state index contributed by atoms with van der Waals surface area (Å²) in [4.78, 5) is 16.8. The summed E-state index contributed by atoms with van der Waals surface area (Å²) in [6, 6.07) is 5.64. The predicted octanol–water partition coefficient (Wildman–Crippen LogP) is 0.816. The number of anilines is 1. The van der Waals surface area contributed by atoms with Crippen molar-refractivity contribution in [1.29, 1.82) is 5.26 Å². The molecule has 0 saturated carbocycles. The minimum atomic E-state index is -0.309. The van der Waals surface area contributed by atoms with Crippen LogP contribution in [0.1, 0.15) is 5.56 Å². The van der Waals surface area contributed by atoms with Crippen molar-refractivity contribution in [2.45, 2.75) is 6.04 Å². The third-order valence-corrected chi connectivity index (χ3v) is 2.56. The SMILES string of the molecule is COC(=O)N1CC(Nc2ccc(C#N)cn2)C1. The number of ether oxygens (including phenoxy) is 1. The van der Waals surface area contributed by atoms with E-state index in [0.29, 0.717) is 24.5 Å². The largest absolute Gasteiger partial charge is 0.453 e. The van der Waals surface area contributed by atoms with Gasteiger partial charge in [-0.3, -0.25) is 0 Å². The molecule has 0 unspecified atom stereocenters. The van der Waals surface area contributed by atoms with Crippen molar-refractivity contribution in [3.05, 3.63) is 23.9 Å². The Labute approximate surface area is 98.8 Å². The van der Waals surface area contributed by atoms with Crippen LogP contribution in [0, 0.1) is 11.3 Å². The van der Waals surface area contributed by atoms with Crippen LogP contribution in [-0.4, -0.2) is 42.2 Å². The van der Waals surface area contributed by atoms with Gasteiger partial charge in [0.15, 0.2) is 0 Å². The quantitative estimate of drug-likeness (QED) is 0.816. The monoisotopic (exact) mass is 232 g/mol. The molecule has 6 nitrogen and oxygen atoms in total. The topological polar surface area (TPSA) is 78.2 Å². The molecule has 1 aliphatic heterocycles. The van der Waals surface area contributed by atoms with Crippen LogP contribution in [0.25, 0.3) is 0 Å². The number of nitrogens with one attached hydrogen (secondary N) is 1. The highest BCUT2D eigenvalue weighted by molar-refractivity contribution is 5.69. The number of hydrogen-bond acceptors (Lipinski definition) is 5. The molecule has 1 N–H and O–H groups in total. The zero-order valence-corrected chi connectivity index (χ0v) is 9.38. The summed E-state index contributed by atoms with van der Waals surface area (Å²) in [5, 5.41) is 11.8. The molecule has 0 bridgehead atoms. The summed E-state index contributed by atoms with van der Waals surface area (Å²) in [6.07, 6.45) is 1.20. The molecule has 1 aliphatic rings. The fraction of sp³-hybridized carbons (Fsp3) is 0.364. The molecule has 1 aromatic rings. The van der Waals surface area contributed by atoms with Crippen molar-refractivity contribution in [2.24, 2.45) is 0 Å². The van der Waals surface area contributed by atoms with Crippen molar-refractivity contribution < 1.29 is 9.53 Å². The number of hydrogen-bond donors (Lipinski definition) is 1. The molecule has 1 amide bonds. The number of nitriles is 1. The van der Waals surface area contributed by atoms with Gasteiger partial charge in [-0.15, -0.1) is 0 Å². The number of nitrogens with zero attached hydrogens (tertiary/aromatic N) is 3. The minimum Gasteiger partial charge on any atom is -0.453 e. The maximum absolute atomic E-state index is 11.1. The van der Waals surface area contributed by atoms with Gasteiger partial charge in [-0.2, -0.15) is 5.26 Å². The van der Waals surface area contributed by atoms with Gasteiger partial charge in [0.05, 0.1) is 18.7 Å². The number of rotatable bonds is 2. The van der Waals surface area contributed by atoms with E-state index in [9.17, 15) is 4.79 Å². The first kappa shape index (κ1) is 11.2. The van der Waals surface area contributed by atoms with Gasteiger partial charge in [0, 0.05) is 19.3 Å². The second-order valence-electron chi connectivity index (χ2n) is 3.76. The van der Waals surface area contributed by atoms with Gasteiger partial charge < -0.3 is 15.0 Å². The Morgan fingerprint density at radius 3 is 2.94 bits per heavy atom. The molecule has 0 atom stereocenters. The van der Waals surface area contributed by atoms with Gasteiger partial charge >= 0.3 is 6.09 Å². The van der Waals surface area contributed by atoms with E-state index < -0.39 is 0 Å². The van der Waals surface area contributed by atoms with Gasteiger partial charge in [-0.1, -0.05) is 0 Å². The fourth-order valence-electron chi connectivity index (χ4n) is 1.60. The molecule has 6 heteroatoms. The number of carbonyl (C=O) groups is 1. The molecule has 0 aromatic carbocycles. The lowest BCUT2D eigenvalue weighted by atomic mass is 10.1. The molecule has 0 radical (unpaired) electrons. The number of likely N-dealkylation sites (tertiary alicyclic amines) is 1. The summed E-state index contributed by atoms with van der Waals surface area (Å²) in [5.41, 5.74) is 0.528. The summed E-state index contributed by atoms with van der Waals surface area (Å²) < 4.78 is 4.59.